The molecule has 3 heteroatoms. The highest BCUT2D eigenvalue weighted by Crippen LogP contribution is 2.25. The molecule has 0 aliphatic heterocycles. The van der Waals surface area contributed by atoms with Gasteiger partial charge in [0.25, 0.3) is 0 Å². The topological polar surface area (TPSA) is 58.3 Å². The molecule has 1 saturated carbocycles. The molecule has 0 aromatic heterocycles. The number of nitrogens with two attached hydrogens (primary N) is 1. The number of nitrogen functional groups attached to an aromatic ring is 1. The molecule has 1 aliphatic rings. The summed E-state index contributed by atoms with van der Waals surface area (Å²) in [4.78, 5) is 0. The lowest BCUT2D eigenvalue weighted by Crippen LogP contribution is -2.25. The fourth-order valence-corrected chi connectivity index (χ4v) is 2.46. The molecular weight excluding hydrogens is 212 g/mol. The average molecular weight is 234 g/mol. The van der Waals surface area contributed by atoms with Crippen molar-refractivity contribution in [2.24, 2.45) is 5.92 Å². The Balaban J connectivity index is 1.86. The van der Waals surface area contributed by atoms with Gasteiger partial charge in [0.1, 0.15) is 0 Å². The lowest BCUT2D eigenvalue weighted by atomic mass is 9.87. The Labute approximate surface area is 103 Å². The normalized spacial score (nSPS) is 24.6. The summed E-state index contributed by atoms with van der Waals surface area (Å²) in [5.41, 5.74) is 8.90. The maximum atomic E-state index is 9.61. The molecular formula is C14H22N2O. The highest BCUT2D eigenvalue weighted by molar-refractivity contribution is 5.58. The molecule has 0 saturated heterocycles. The first kappa shape index (κ1) is 12.2. The van der Waals surface area contributed by atoms with Gasteiger partial charge in [0, 0.05) is 17.9 Å². The molecule has 17 heavy (non-hydrogen) atoms. The van der Waals surface area contributed by atoms with Crippen LogP contribution in [0.25, 0.3) is 0 Å². The number of hydrogen-bond donors (Lipinski definition) is 3. The van der Waals surface area contributed by atoms with Crippen LogP contribution in [0.3, 0.4) is 0 Å². The largest absolute Gasteiger partial charge is 0.398 e. The Morgan fingerprint density at radius 3 is 2.94 bits per heavy atom. The van der Waals surface area contributed by atoms with E-state index in [-0.39, 0.29) is 6.10 Å². The van der Waals surface area contributed by atoms with E-state index in [9.17, 15) is 5.11 Å². The van der Waals surface area contributed by atoms with Crippen molar-refractivity contribution in [3.63, 3.8) is 0 Å². The van der Waals surface area contributed by atoms with Crippen LogP contribution >= 0.6 is 0 Å². The summed E-state index contributed by atoms with van der Waals surface area (Å²) in [6.07, 6.45) is 4.15. The van der Waals surface area contributed by atoms with Crippen LogP contribution in [0.5, 0.6) is 0 Å². The maximum Gasteiger partial charge on any atom is 0.0543 e. The second-order valence-corrected chi connectivity index (χ2v) is 5.14. The molecule has 2 rings (SSSR count). The van der Waals surface area contributed by atoms with Gasteiger partial charge in [0.15, 0.2) is 0 Å². The summed E-state index contributed by atoms with van der Waals surface area (Å²) in [5.74, 6) is 0.585. The van der Waals surface area contributed by atoms with Crippen molar-refractivity contribution in [3.05, 3.63) is 23.8 Å². The van der Waals surface area contributed by atoms with E-state index in [4.69, 9.17) is 5.73 Å². The summed E-state index contributed by atoms with van der Waals surface area (Å²) in [6, 6.07) is 6.08. The second kappa shape index (κ2) is 5.41. The molecule has 2 unspecified atom stereocenters. The minimum absolute atomic E-state index is 0.0985. The Bertz CT molecular complexity index is 378. The van der Waals surface area contributed by atoms with E-state index in [2.05, 4.69) is 11.4 Å². The highest BCUT2D eigenvalue weighted by Gasteiger charge is 2.19. The number of aliphatic hydroxyl groups excluding tert-OH is 1. The quantitative estimate of drug-likeness (QED) is 0.704. The molecule has 0 radical (unpaired) electrons. The van der Waals surface area contributed by atoms with Crippen LogP contribution in [0, 0.1) is 12.8 Å². The van der Waals surface area contributed by atoms with E-state index in [0.717, 1.165) is 42.7 Å². The van der Waals surface area contributed by atoms with E-state index >= 15 is 0 Å². The standard InChI is InChI=1S/C14H22N2O/c1-10-5-6-12(8-14(10)15)16-9-11-3-2-4-13(17)7-11/h5-6,8,11,13,16-17H,2-4,7,9,15H2,1H3. The minimum Gasteiger partial charge on any atom is -0.398 e. The number of hydrogen-bond acceptors (Lipinski definition) is 3. The molecule has 2 atom stereocenters. The number of nitrogens with one attached hydrogen (secondary N) is 1. The number of benzene rings is 1. The number of aryl methyl sites for hydroxylation is 1. The molecule has 0 spiro atoms. The molecule has 1 aromatic carbocycles. The van der Waals surface area contributed by atoms with Crippen molar-refractivity contribution in [2.75, 3.05) is 17.6 Å². The smallest absolute Gasteiger partial charge is 0.0543 e. The van der Waals surface area contributed by atoms with E-state index in [0.29, 0.717) is 5.92 Å². The van der Waals surface area contributed by atoms with E-state index in [1.807, 2.05) is 19.1 Å². The molecule has 0 bridgehead atoms. The van der Waals surface area contributed by atoms with Crippen LogP contribution < -0.4 is 11.1 Å². The van der Waals surface area contributed by atoms with Crippen LogP contribution in [0.2, 0.25) is 0 Å². The highest BCUT2D eigenvalue weighted by atomic mass is 16.3. The number of rotatable bonds is 3. The first-order valence-electron chi connectivity index (χ1n) is 6.43. The fraction of sp³-hybridized carbons (Fsp3) is 0.571. The van der Waals surface area contributed by atoms with Crippen LogP contribution in [0.15, 0.2) is 18.2 Å². The summed E-state index contributed by atoms with van der Waals surface area (Å²) in [6.45, 7) is 2.94. The van der Waals surface area contributed by atoms with Gasteiger partial charge in [-0.15, -0.1) is 0 Å². The Kier molecular flexibility index (Phi) is 3.89. The van der Waals surface area contributed by atoms with Gasteiger partial charge in [0.2, 0.25) is 0 Å². The van der Waals surface area contributed by atoms with Crippen molar-refractivity contribution in [1.82, 2.24) is 0 Å². The molecule has 3 nitrogen and oxygen atoms in total. The van der Waals surface area contributed by atoms with Crippen LogP contribution in [0.1, 0.15) is 31.2 Å². The predicted octanol–water partition coefficient (Wildman–Crippen LogP) is 2.54. The zero-order valence-corrected chi connectivity index (χ0v) is 10.4. The van der Waals surface area contributed by atoms with Crippen molar-refractivity contribution >= 4 is 11.4 Å². The Morgan fingerprint density at radius 2 is 2.24 bits per heavy atom. The first-order valence-corrected chi connectivity index (χ1v) is 6.43. The maximum absolute atomic E-state index is 9.61. The zero-order valence-electron chi connectivity index (χ0n) is 10.4. The van der Waals surface area contributed by atoms with Gasteiger partial charge in [-0.2, -0.15) is 0 Å². The third kappa shape index (κ3) is 3.37. The van der Waals surface area contributed by atoms with Crippen molar-refractivity contribution in [2.45, 2.75) is 38.7 Å². The van der Waals surface area contributed by atoms with E-state index in [1.54, 1.807) is 0 Å². The lowest BCUT2D eigenvalue weighted by Gasteiger charge is -2.26. The molecule has 1 fully saturated rings. The lowest BCUT2D eigenvalue weighted by molar-refractivity contribution is 0.105. The third-order valence-corrected chi connectivity index (χ3v) is 3.63. The van der Waals surface area contributed by atoms with E-state index < -0.39 is 0 Å². The second-order valence-electron chi connectivity index (χ2n) is 5.14. The van der Waals surface area contributed by atoms with Gasteiger partial charge >= 0.3 is 0 Å². The van der Waals surface area contributed by atoms with Gasteiger partial charge in [-0.1, -0.05) is 12.5 Å². The average Bonchev–Trinajstić information content (AvgIpc) is 2.31. The van der Waals surface area contributed by atoms with Gasteiger partial charge in [-0.3, -0.25) is 0 Å². The molecule has 0 heterocycles. The minimum atomic E-state index is -0.0985. The monoisotopic (exact) mass is 234 g/mol. The van der Waals surface area contributed by atoms with E-state index in [1.165, 1.54) is 6.42 Å². The number of anilines is 2. The molecule has 4 N–H and O–H groups in total. The summed E-state index contributed by atoms with van der Waals surface area (Å²) in [7, 11) is 0. The van der Waals surface area contributed by atoms with Gasteiger partial charge < -0.3 is 16.2 Å². The Morgan fingerprint density at radius 1 is 1.41 bits per heavy atom. The van der Waals surface area contributed by atoms with Crippen LogP contribution in [0.4, 0.5) is 11.4 Å². The van der Waals surface area contributed by atoms with Crippen LogP contribution in [-0.4, -0.2) is 17.8 Å². The molecule has 1 aromatic rings. The summed E-state index contributed by atoms with van der Waals surface area (Å²) in [5, 5.41) is 13.0. The molecule has 1 aliphatic carbocycles. The predicted molar refractivity (Wildman–Crippen MR) is 72.0 cm³/mol. The van der Waals surface area contributed by atoms with Gasteiger partial charge in [-0.05, 0) is 49.8 Å². The fourth-order valence-electron chi connectivity index (χ4n) is 2.46. The zero-order chi connectivity index (χ0) is 12.3. The molecule has 94 valence electrons. The SMILES string of the molecule is Cc1ccc(NCC2CCCC(O)C2)cc1N. The summed E-state index contributed by atoms with van der Waals surface area (Å²) < 4.78 is 0. The van der Waals surface area contributed by atoms with Gasteiger partial charge in [0.05, 0.1) is 6.10 Å². The van der Waals surface area contributed by atoms with Crippen molar-refractivity contribution < 1.29 is 5.11 Å². The summed E-state index contributed by atoms with van der Waals surface area (Å²) >= 11 is 0. The number of aliphatic hydroxyl groups is 1. The van der Waals surface area contributed by atoms with Crippen LogP contribution in [-0.2, 0) is 0 Å². The third-order valence-electron chi connectivity index (χ3n) is 3.63. The van der Waals surface area contributed by atoms with Crippen molar-refractivity contribution in [3.8, 4) is 0 Å². The first-order chi connectivity index (χ1) is 8.15. The van der Waals surface area contributed by atoms with Gasteiger partial charge in [-0.25, -0.2) is 0 Å². The molecule has 0 amide bonds. The Hall–Kier alpha value is -1.22. The van der Waals surface area contributed by atoms with Crippen molar-refractivity contribution in [1.29, 1.82) is 0 Å².